The number of carboxylic acid groups (broad SMARTS) is 1. The minimum absolute atomic E-state index is 0.0353. The Bertz CT molecular complexity index is 712. The molecule has 0 amide bonds. The Kier molecular flexibility index (Phi) is 3.91. The lowest BCUT2D eigenvalue weighted by molar-refractivity contribution is 0.0658. The number of carboxylic acids is 1. The lowest BCUT2D eigenvalue weighted by Gasteiger charge is -2.04. The van der Waals surface area contributed by atoms with Gasteiger partial charge in [-0.3, -0.25) is 4.18 Å². The molecular formula is C13H12O6S. The topological polar surface area (TPSA) is 93.8 Å². The summed E-state index contributed by atoms with van der Waals surface area (Å²) in [6.07, 6.45) is 0. The lowest BCUT2D eigenvalue weighted by atomic mass is 10.2. The molecule has 1 N–H and O–H groups in total. The largest absolute Gasteiger partial charge is 0.475 e. The monoisotopic (exact) mass is 296 g/mol. The van der Waals surface area contributed by atoms with E-state index in [4.69, 9.17) is 13.7 Å². The van der Waals surface area contributed by atoms with Crippen LogP contribution in [0, 0.1) is 6.92 Å². The molecule has 1 heterocycles. The molecule has 1 aromatic heterocycles. The smallest absolute Gasteiger partial charge is 0.371 e. The van der Waals surface area contributed by atoms with Crippen molar-refractivity contribution in [3.63, 3.8) is 0 Å². The molecule has 0 unspecified atom stereocenters. The Morgan fingerprint density at radius 3 is 2.40 bits per heavy atom. The van der Waals surface area contributed by atoms with E-state index in [0.717, 1.165) is 5.56 Å². The zero-order valence-electron chi connectivity index (χ0n) is 10.6. The second kappa shape index (κ2) is 5.48. The lowest BCUT2D eigenvalue weighted by Crippen LogP contribution is -2.06. The summed E-state index contributed by atoms with van der Waals surface area (Å²) in [4.78, 5) is 10.7. The second-order valence-electron chi connectivity index (χ2n) is 4.10. The highest BCUT2D eigenvalue weighted by molar-refractivity contribution is 7.86. The van der Waals surface area contributed by atoms with Crippen LogP contribution in [0.3, 0.4) is 0 Å². The van der Waals surface area contributed by atoms with E-state index in [1.807, 2.05) is 6.92 Å². The fourth-order valence-corrected chi connectivity index (χ4v) is 2.36. The molecule has 0 spiro atoms. The second-order valence-corrected chi connectivity index (χ2v) is 5.72. The summed E-state index contributed by atoms with van der Waals surface area (Å²) in [7, 11) is -3.89. The van der Waals surface area contributed by atoms with Crippen LogP contribution in [0.15, 0.2) is 45.7 Å². The molecule has 0 aliphatic carbocycles. The number of aryl methyl sites for hydroxylation is 1. The van der Waals surface area contributed by atoms with Crippen LogP contribution in [0.5, 0.6) is 0 Å². The maximum atomic E-state index is 11.9. The van der Waals surface area contributed by atoms with Crippen LogP contribution in [0.25, 0.3) is 0 Å². The normalized spacial score (nSPS) is 11.4. The fourth-order valence-electron chi connectivity index (χ4n) is 1.48. The summed E-state index contributed by atoms with van der Waals surface area (Å²) in [5.74, 6) is -1.37. The molecule has 7 heteroatoms. The molecule has 0 aliphatic rings. The van der Waals surface area contributed by atoms with E-state index in [-0.39, 0.29) is 23.0 Å². The number of carbonyl (C=O) groups is 1. The van der Waals surface area contributed by atoms with Gasteiger partial charge in [0.1, 0.15) is 12.4 Å². The highest BCUT2D eigenvalue weighted by Crippen LogP contribution is 2.16. The van der Waals surface area contributed by atoms with Gasteiger partial charge in [0.05, 0.1) is 4.90 Å². The molecule has 2 aromatic rings. The van der Waals surface area contributed by atoms with Gasteiger partial charge in [0.15, 0.2) is 0 Å². The average molecular weight is 296 g/mol. The van der Waals surface area contributed by atoms with Gasteiger partial charge >= 0.3 is 5.97 Å². The molecule has 1 aromatic carbocycles. The van der Waals surface area contributed by atoms with E-state index in [1.165, 1.54) is 24.3 Å². The maximum Gasteiger partial charge on any atom is 0.371 e. The zero-order chi connectivity index (χ0) is 14.8. The Morgan fingerprint density at radius 2 is 1.85 bits per heavy atom. The highest BCUT2D eigenvalue weighted by Gasteiger charge is 2.17. The highest BCUT2D eigenvalue weighted by atomic mass is 32.2. The molecule has 2 rings (SSSR count). The van der Waals surface area contributed by atoms with Crippen molar-refractivity contribution in [2.75, 3.05) is 0 Å². The molecule has 6 nitrogen and oxygen atoms in total. The van der Waals surface area contributed by atoms with Gasteiger partial charge < -0.3 is 9.52 Å². The first kappa shape index (κ1) is 14.3. The van der Waals surface area contributed by atoms with Crippen LogP contribution >= 0.6 is 0 Å². The van der Waals surface area contributed by atoms with Gasteiger partial charge in [-0.1, -0.05) is 17.7 Å². The van der Waals surface area contributed by atoms with Crippen molar-refractivity contribution in [2.45, 2.75) is 18.4 Å². The van der Waals surface area contributed by atoms with Gasteiger partial charge in [0.2, 0.25) is 5.76 Å². The first-order valence-corrected chi connectivity index (χ1v) is 7.07. The van der Waals surface area contributed by atoms with Crippen molar-refractivity contribution in [3.8, 4) is 0 Å². The fraction of sp³-hybridized carbons (Fsp3) is 0.154. The number of hydrogen-bond acceptors (Lipinski definition) is 5. The predicted molar refractivity (Wildman–Crippen MR) is 68.8 cm³/mol. The van der Waals surface area contributed by atoms with Crippen molar-refractivity contribution in [2.24, 2.45) is 0 Å². The quantitative estimate of drug-likeness (QED) is 0.850. The van der Waals surface area contributed by atoms with Gasteiger partial charge in [0, 0.05) is 0 Å². The van der Waals surface area contributed by atoms with E-state index in [2.05, 4.69) is 0 Å². The van der Waals surface area contributed by atoms with Gasteiger partial charge in [-0.25, -0.2) is 4.79 Å². The molecule has 0 fully saturated rings. The van der Waals surface area contributed by atoms with Crippen LogP contribution in [0.1, 0.15) is 21.9 Å². The minimum Gasteiger partial charge on any atom is -0.475 e. The van der Waals surface area contributed by atoms with Crippen molar-refractivity contribution in [3.05, 3.63) is 53.5 Å². The van der Waals surface area contributed by atoms with Crippen molar-refractivity contribution in [1.29, 1.82) is 0 Å². The Hall–Kier alpha value is -2.12. The third-order valence-electron chi connectivity index (χ3n) is 2.54. The molecule has 0 saturated carbocycles. The van der Waals surface area contributed by atoms with Gasteiger partial charge in [0.25, 0.3) is 10.1 Å². The van der Waals surface area contributed by atoms with E-state index in [0.29, 0.717) is 0 Å². The third kappa shape index (κ3) is 3.25. The Labute approximate surface area is 115 Å². The number of rotatable bonds is 5. The van der Waals surface area contributed by atoms with Crippen LogP contribution in [0.4, 0.5) is 0 Å². The maximum absolute atomic E-state index is 11.9. The molecule has 0 radical (unpaired) electrons. The van der Waals surface area contributed by atoms with Gasteiger partial charge in [-0.15, -0.1) is 0 Å². The van der Waals surface area contributed by atoms with Gasteiger partial charge in [-0.2, -0.15) is 8.42 Å². The minimum atomic E-state index is -3.89. The van der Waals surface area contributed by atoms with E-state index in [1.54, 1.807) is 12.1 Å². The van der Waals surface area contributed by atoms with E-state index in [9.17, 15) is 13.2 Å². The number of hydrogen-bond donors (Lipinski definition) is 1. The number of furan rings is 1. The summed E-state index contributed by atoms with van der Waals surface area (Å²) in [5, 5.41) is 8.68. The summed E-state index contributed by atoms with van der Waals surface area (Å²) in [6.45, 7) is 1.48. The Morgan fingerprint density at radius 1 is 1.20 bits per heavy atom. The summed E-state index contributed by atoms with van der Waals surface area (Å²) in [6, 6.07) is 8.79. The summed E-state index contributed by atoms with van der Waals surface area (Å²) in [5.41, 5.74) is 0.932. The number of aromatic carboxylic acids is 1. The van der Waals surface area contributed by atoms with Crippen LogP contribution in [-0.2, 0) is 20.9 Å². The molecule has 0 bridgehead atoms. The molecule has 106 valence electrons. The molecule has 20 heavy (non-hydrogen) atoms. The third-order valence-corrected chi connectivity index (χ3v) is 3.82. The SMILES string of the molecule is Cc1ccc(S(=O)(=O)OCc2ccc(C(=O)O)o2)cc1. The van der Waals surface area contributed by atoms with E-state index >= 15 is 0 Å². The van der Waals surface area contributed by atoms with Gasteiger partial charge in [-0.05, 0) is 31.2 Å². The molecule has 0 aliphatic heterocycles. The van der Waals surface area contributed by atoms with Crippen LogP contribution in [-0.4, -0.2) is 19.5 Å². The predicted octanol–water partition coefficient (Wildman–Crippen LogP) is 2.19. The molecule has 0 saturated heterocycles. The summed E-state index contributed by atoms with van der Waals surface area (Å²) < 4.78 is 33.5. The van der Waals surface area contributed by atoms with Crippen molar-refractivity contribution in [1.82, 2.24) is 0 Å². The zero-order valence-corrected chi connectivity index (χ0v) is 11.4. The standard InChI is InChI=1S/C13H12O6S/c1-9-2-5-11(6-3-9)20(16,17)18-8-10-4-7-12(19-10)13(14)15/h2-7H,8H2,1H3,(H,14,15). The first-order valence-electron chi connectivity index (χ1n) is 5.66. The van der Waals surface area contributed by atoms with Crippen molar-refractivity contribution < 1.29 is 26.9 Å². The van der Waals surface area contributed by atoms with Crippen LogP contribution < -0.4 is 0 Å². The average Bonchev–Trinajstić information content (AvgIpc) is 2.86. The van der Waals surface area contributed by atoms with E-state index < -0.39 is 16.1 Å². The van der Waals surface area contributed by atoms with Crippen LogP contribution in [0.2, 0.25) is 0 Å². The Balaban J connectivity index is 2.08. The molecule has 0 atom stereocenters. The van der Waals surface area contributed by atoms with Crippen molar-refractivity contribution >= 4 is 16.1 Å². The summed E-state index contributed by atoms with van der Waals surface area (Å²) >= 11 is 0. The number of benzene rings is 1. The molecular weight excluding hydrogens is 284 g/mol. The first-order chi connectivity index (χ1) is 9.38.